The quantitative estimate of drug-likeness (QED) is 0.775. The van der Waals surface area contributed by atoms with E-state index in [0.717, 1.165) is 25.8 Å². The van der Waals surface area contributed by atoms with Crippen LogP contribution in [-0.4, -0.2) is 36.0 Å². The highest BCUT2D eigenvalue weighted by Crippen LogP contribution is 2.36. The first-order valence-electron chi connectivity index (χ1n) is 11.1. The molecule has 30 heavy (non-hydrogen) atoms. The molecule has 4 rings (SSSR count). The molecule has 2 aliphatic rings. The second-order valence-corrected chi connectivity index (χ2v) is 8.33. The fourth-order valence-corrected chi connectivity index (χ4v) is 4.81. The number of ether oxygens (including phenoxy) is 1. The van der Waals surface area contributed by atoms with Gasteiger partial charge in [0.1, 0.15) is 5.75 Å². The molecule has 1 N–H and O–H groups in total. The molecule has 1 saturated heterocycles. The summed E-state index contributed by atoms with van der Waals surface area (Å²) in [7, 11) is 0. The van der Waals surface area contributed by atoms with E-state index >= 15 is 0 Å². The minimum atomic E-state index is -0.480. The standard InChI is InChI=1S/C25H30N2O3/c28-24(27-18-6-10-20-9-4-5-11-23(20)27)21-12-14-22(15-13-21)30-25(29)26-17-16-19-7-2-1-3-8-19/h1-3,7-8,12-15,20,23H,4-6,9-11,16-18H2,(H,26,29)/t20-,23+/m1/s1. The average Bonchev–Trinajstić information content (AvgIpc) is 2.79. The van der Waals surface area contributed by atoms with Crippen molar-refractivity contribution in [1.82, 2.24) is 10.2 Å². The summed E-state index contributed by atoms with van der Waals surface area (Å²) in [6.07, 6.45) is 7.51. The van der Waals surface area contributed by atoms with Gasteiger partial charge in [-0.15, -0.1) is 0 Å². The third kappa shape index (κ3) is 5.02. The van der Waals surface area contributed by atoms with Gasteiger partial charge in [0.05, 0.1) is 0 Å². The maximum atomic E-state index is 13.1. The fraction of sp³-hybridized carbons (Fsp3) is 0.440. The summed E-state index contributed by atoms with van der Waals surface area (Å²) >= 11 is 0. The van der Waals surface area contributed by atoms with Gasteiger partial charge in [-0.05, 0) is 67.9 Å². The summed E-state index contributed by atoms with van der Waals surface area (Å²) in [6, 6.07) is 17.3. The van der Waals surface area contributed by atoms with Crippen LogP contribution in [0.2, 0.25) is 0 Å². The molecular weight excluding hydrogens is 376 g/mol. The van der Waals surface area contributed by atoms with Gasteiger partial charge in [0, 0.05) is 24.7 Å². The highest BCUT2D eigenvalue weighted by atomic mass is 16.6. The van der Waals surface area contributed by atoms with Gasteiger partial charge in [-0.3, -0.25) is 4.79 Å². The van der Waals surface area contributed by atoms with Gasteiger partial charge >= 0.3 is 6.09 Å². The summed E-state index contributed by atoms with van der Waals surface area (Å²) in [5, 5.41) is 2.76. The second kappa shape index (κ2) is 9.79. The second-order valence-electron chi connectivity index (χ2n) is 8.33. The first-order chi connectivity index (χ1) is 14.7. The van der Waals surface area contributed by atoms with Crippen molar-refractivity contribution in [1.29, 1.82) is 0 Å². The Bertz CT molecular complexity index is 848. The van der Waals surface area contributed by atoms with Crippen molar-refractivity contribution >= 4 is 12.0 Å². The minimum absolute atomic E-state index is 0.102. The van der Waals surface area contributed by atoms with Gasteiger partial charge in [0.15, 0.2) is 0 Å². The van der Waals surface area contributed by atoms with Gasteiger partial charge in [-0.2, -0.15) is 0 Å². The Morgan fingerprint density at radius 3 is 2.47 bits per heavy atom. The van der Waals surface area contributed by atoms with Crippen LogP contribution in [0.15, 0.2) is 54.6 Å². The van der Waals surface area contributed by atoms with Gasteiger partial charge in [0.25, 0.3) is 5.91 Å². The van der Waals surface area contributed by atoms with Crippen LogP contribution in [0.5, 0.6) is 5.75 Å². The molecule has 1 heterocycles. The predicted octanol–water partition coefficient (Wildman–Crippen LogP) is 4.81. The van der Waals surface area contributed by atoms with Crippen molar-refractivity contribution in [2.45, 2.75) is 51.0 Å². The third-order valence-corrected chi connectivity index (χ3v) is 6.34. The van der Waals surface area contributed by atoms with Crippen LogP contribution in [0.25, 0.3) is 0 Å². The van der Waals surface area contributed by atoms with Gasteiger partial charge in [0.2, 0.25) is 0 Å². The summed E-state index contributed by atoms with van der Waals surface area (Å²) in [5.41, 5.74) is 1.83. The first-order valence-corrected chi connectivity index (χ1v) is 11.1. The topological polar surface area (TPSA) is 58.6 Å². The van der Waals surface area contributed by atoms with E-state index < -0.39 is 6.09 Å². The normalized spacial score (nSPS) is 20.9. The number of piperidine rings is 1. The first kappa shape index (κ1) is 20.5. The number of nitrogens with one attached hydrogen (secondary N) is 1. The number of benzene rings is 2. The Labute approximate surface area is 178 Å². The molecule has 5 heteroatoms. The van der Waals surface area contributed by atoms with E-state index in [-0.39, 0.29) is 5.91 Å². The number of rotatable bonds is 5. The summed E-state index contributed by atoms with van der Waals surface area (Å²) in [5.74, 6) is 1.21. The average molecular weight is 407 g/mol. The molecule has 0 unspecified atom stereocenters. The molecule has 0 radical (unpaired) electrons. The number of hydrogen-bond acceptors (Lipinski definition) is 3. The third-order valence-electron chi connectivity index (χ3n) is 6.34. The molecular formula is C25H30N2O3. The Balaban J connectivity index is 1.29. The molecule has 158 valence electrons. The highest BCUT2D eigenvalue weighted by Gasteiger charge is 2.35. The van der Waals surface area contributed by atoms with Crippen LogP contribution >= 0.6 is 0 Å². The molecule has 1 saturated carbocycles. The van der Waals surface area contributed by atoms with Crippen molar-refractivity contribution in [2.24, 2.45) is 5.92 Å². The number of likely N-dealkylation sites (tertiary alicyclic amines) is 1. The summed E-state index contributed by atoms with van der Waals surface area (Å²) in [4.78, 5) is 27.2. The molecule has 1 aliphatic heterocycles. The molecule has 2 fully saturated rings. The molecule has 0 spiro atoms. The maximum absolute atomic E-state index is 13.1. The van der Waals surface area contributed by atoms with Crippen LogP contribution in [0, 0.1) is 5.92 Å². The Kier molecular flexibility index (Phi) is 6.67. The smallest absolute Gasteiger partial charge is 0.410 e. The molecule has 2 aromatic rings. The van der Waals surface area contributed by atoms with E-state index in [4.69, 9.17) is 4.74 Å². The largest absolute Gasteiger partial charge is 0.412 e. The van der Waals surface area contributed by atoms with E-state index in [0.29, 0.717) is 29.8 Å². The van der Waals surface area contributed by atoms with E-state index in [9.17, 15) is 9.59 Å². The lowest BCUT2D eigenvalue weighted by Crippen LogP contribution is -2.49. The van der Waals surface area contributed by atoms with Crippen molar-refractivity contribution in [3.63, 3.8) is 0 Å². The summed E-state index contributed by atoms with van der Waals surface area (Å²) in [6.45, 7) is 1.36. The molecule has 2 atom stereocenters. The van der Waals surface area contributed by atoms with Gasteiger partial charge in [-0.1, -0.05) is 43.2 Å². The molecule has 2 amide bonds. The molecule has 2 aromatic carbocycles. The van der Waals surface area contributed by atoms with Crippen LogP contribution in [0.1, 0.15) is 54.4 Å². The molecule has 0 bridgehead atoms. The number of nitrogens with zero attached hydrogens (tertiary/aromatic N) is 1. The lowest BCUT2D eigenvalue weighted by Gasteiger charge is -2.44. The van der Waals surface area contributed by atoms with Gasteiger partial charge < -0.3 is 15.0 Å². The predicted molar refractivity (Wildman–Crippen MR) is 117 cm³/mol. The van der Waals surface area contributed by atoms with Crippen LogP contribution < -0.4 is 10.1 Å². The molecule has 0 aromatic heterocycles. The van der Waals surface area contributed by atoms with E-state index in [2.05, 4.69) is 10.2 Å². The van der Waals surface area contributed by atoms with Crippen molar-refractivity contribution in [2.75, 3.05) is 13.1 Å². The maximum Gasteiger partial charge on any atom is 0.412 e. The van der Waals surface area contributed by atoms with Crippen molar-refractivity contribution in [3.8, 4) is 5.75 Å². The van der Waals surface area contributed by atoms with E-state index in [1.54, 1.807) is 24.3 Å². The monoisotopic (exact) mass is 406 g/mol. The zero-order chi connectivity index (χ0) is 20.8. The van der Waals surface area contributed by atoms with Crippen molar-refractivity contribution < 1.29 is 14.3 Å². The summed E-state index contributed by atoms with van der Waals surface area (Å²) < 4.78 is 5.34. The van der Waals surface area contributed by atoms with Crippen LogP contribution in [0.3, 0.4) is 0 Å². The Morgan fingerprint density at radius 2 is 1.67 bits per heavy atom. The Morgan fingerprint density at radius 1 is 0.933 bits per heavy atom. The Hall–Kier alpha value is -2.82. The lowest BCUT2D eigenvalue weighted by atomic mass is 9.78. The fourth-order valence-electron chi connectivity index (χ4n) is 4.81. The SMILES string of the molecule is O=C(NCCc1ccccc1)Oc1ccc(C(=O)N2CCC[C@H]3CCCC[C@@H]32)cc1. The van der Waals surface area contributed by atoms with E-state index in [1.165, 1.54) is 31.2 Å². The number of carbonyl (C=O) groups excluding carboxylic acids is 2. The number of fused-ring (bicyclic) bond motifs is 1. The minimum Gasteiger partial charge on any atom is -0.410 e. The van der Waals surface area contributed by atoms with Crippen molar-refractivity contribution in [3.05, 3.63) is 65.7 Å². The molecule has 5 nitrogen and oxygen atoms in total. The number of carbonyl (C=O) groups is 2. The lowest BCUT2D eigenvalue weighted by molar-refractivity contribution is 0.0390. The molecule has 1 aliphatic carbocycles. The van der Waals surface area contributed by atoms with E-state index in [1.807, 2.05) is 30.3 Å². The highest BCUT2D eigenvalue weighted by molar-refractivity contribution is 5.94. The van der Waals surface area contributed by atoms with Crippen LogP contribution in [0.4, 0.5) is 4.79 Å². The number of hydrogen-bond donors (Lipinski definition) is 1. The van der Waals surface area contributed by atoms with Crippen LogP contribution in [-0.2, 0) is 6.42 Å². The zero-order valence-corrected chi connectivity index (χ0v) is 17.4. The zero-order valence-electron chi connectivity index (χ0n) is 17.4. The number of amides is 2. The van der Waals surface area contributed by atoms with Gasteiger partial charge in [-0.25, -0.2) is 4.79 Å².